The molecule has 1 unspecified atom stereocenters. The van der Waals surface area contributed by atoms with E-state index in [4.69, 9.17) is 0 Å². The van der Waals surface area contributed by atoms with Crippen molar-refractivity contribution >= 4 is 0 Å². The summed E-state index contributed by atoms with van der Waals surface area (Å²) in [6, 6.07) is 4.15. The molecule has 0 nitrogen and oxygen atoms in total. The van der Waals surface area contributed by atoms with Crippen molar-refractivity contribution in [1.29, 1.82) is 0 Å². The number of benzene rings is 1. The van der Waals surface area contributed by atoms with E-state index in [0.29, 0.717) is 11.8 Å². The predicted octanol–water partition coefficient (Wildman–Crippen LogP) is 4.08. The molecule has 0 N–H and O–H groups in total. The molecule has 0 aromatic heterocycles. The molecule has 2 rings (SSSR count). The third-order valence-electron chi connectivity index (χ3n) is 3.44. The van der Waals surface area contributed by atoms with Crippen molar-refractivity contribution in [2.45, 2.75) is 32.9 Å². The summed E-state index contributed by atoms with van der Waals surface area (Å²) in [6.07, 6.45) is -2.51. The van der Waals surface area contributed by atoms with Crippen LogP contribution in [0.2, 0.25) is 0 Å². The van der Waals surface area contributed by atoms with Crippen molar-refractivity contribution in [3.63, 3.8) is 0 Å². The average Bonchev–Trinajstić information content (AvgIpc) is 2.58. The first-order chi connectivity index (χ1) is 7.38. The summed E-state index contributed by atoms with van der Waals surface area (Å²) in [4.78, 5) is 0. The average molecular weight is 228 g/mol. The normalized spacial score (nSPS) is 20.2. The molecule has 16 heavy (non-hydrogen) atoms. The molecule has 0 heterocycles. The van der Waals surface area contributed by atoms with E-state index in [0.717, 1.165) is 24.0 Å². The Balaban J connectivity index is 2.28. The van der Waals surface area contributed by atoms with Gasteiger partial charge in [-0.15, -0.1) is 0 Å². The Bertz CT molecular complexity index is 391. The second-order valence-corrected chi connectivity index (χ2v) is 4.89. The van der Waals surface area contributed by atoms with Gasteiger partial charge in [-0.3, -0.25) is 0 Å². The highest BCUT2D eigenvalue weighted by Gasteiger charge is 2.32. The highest BCUT2D eigenvalue weighted by molar-refractivity contribution is 5.37. The Labute approximate surface area is 93.5 Å². The zero-order chi connectivity index (χ0) is 11.9. The first-order valence-electron chi connectivity index (χ1n) is 5.57. The van der Waals surface area contributed by atoms with Gasteiger partial charge in [-0.2, -0.15) is 13.2 Å². The summed E-state index contributed by atoms with van der Waals surface area (Å²) in [5.41, 5.74) is 1.45. The van der Waals surface area contributed by atoms with Gasteiger partial charge in [-0.05, 0) is 47.9 Å². The van der Waals surface area contributed by atoms with Gasteiger partial charge in [0.1, 0.15) is 0 Å². The van der Waals surface area contributed by atoms with Crippen LogP contribution in [0.4, 0.5) is 13.2 Å². The van der Waals surface area contributed by atoms with Gasteiger partial charge in [0.05, 0.1) is 5.56 Å². The van der Waals surface area contributed by atoms with E-state index in [1.54, 1.807) is 6.07 Å². The molecule has 0 amide bonds. The molecule has 0 bridgehead atoms. The second kappa shape index (κ2) is 3.79. The van der Waals surface area contributed by atoms with Crippen LogP contribution in [-0.4, -0.2) is 0 Å². The highest BCUT2D eigenvalue weighted by atomic mass is 19.4. The van der Waals surface area contributed by atoms with Crippen LogP contribution in [0.5, 0.6) is 0 Å². The van der Waals surface area contributed by atoms with Gasteiger partial charge in [-0.1, -0.05) is 19.9 Å². The number of fused-ring (bicyclic) bond motifs is 1. The molecule has 0 radical (unpaired) electrons. The molecule has 88 valence electrons. The topological polar surface area (TPSA) is 0 Å². The third kappa shape index (κ3) is 2.08. The summed E-state index contributed by atoms with van der Waals surface area (Å²) in [7, 11) is 0. The Morgan fingerprint density at radius 2 is 1.75 bits per heavy atom. The highest BCUT2D eigenvalue weighted by Crippen LogP contribution is 2.36. The van der Waals surface area contributed by atoms with Gasteiger partial charge in [0, 0.05) is 0 Å². The predicted molar refractivity (Wildman–Crippen MR) is 57.2 cm³/mol. The van der Waals surface area contributed by atoms with E-state index in [-0.39, 0.29) is 0 Å². The van der Waals surface area contributed by atoms with E-state index in [9.17, 15) is 13.2 Å². The molecule has 1 aliphatic rings. The lowest BCUT2D eigenvalue weighted by atomic mass is 9.93. The summed E-state index contributed by atoms with van der Waals surface area (Å²) in [6.45, 7) is 4.25. The van der Waals surface area contributed by atoms with Gasteiger partial charge in [0.25, 0.3) is 0 Å². The van der Waals surface area contributed by atoms with Crippen molar-refractivity contribution in [1.82, 2.24) is 0 Å². The number of halogens is 3. The Kier molecular flexibility index (Phi) is 2.72. The third-order valence-corrected chi connectivity index (χ3v) is 3.44. The largest absolute Gasteiger partial charge is 0.416 e. The number of hydrogen-bond acceptors (Lipinski definition) is 0. The van der Waals surface area contributed by atoms with Crippen molar-refractivity contribution in [3.8, 4) is 0 Å². The molecule has 1 aliphatic carbocycles. The van der Waals surface area contributed by atoms with Crippen molar-refractivity contribution < 1.29 is 13.2 Å². The summed E-state index contributed by atoms with van der Waals surface area (Å²) >= 11 is 0. The molecule has 0 spiro atoms. The molecule has 1 atom stereocenters. The van der Waals surface area contributed by atoms with Crippen LogP contribution in [0.1, 0.15) is 30.5 Å². The molecule has 3 heteroatoms. The van der Waals surface area contributed by atoms with E-state index >= 15 is 0 Å². The summed E-state index contributed by atoms with van der Waals surface area (Å²) < 4.78 is 37.5. The van der Waals surface area contributed by atoms with E-state index in [1.807, 2.05) is 0 Å². The number of rotatable bonds is 1. The molecule has 1 aromatic carbocycles. The van der Waals surface area contributed by atoms with Crippen molar-refractivity contribution in [2.24, 2.45) is 11.8 Å². The molecule has 0 fully saturated rings. The number of alkyl halides is 3. The first kappa shape index (κ1) is 11.5. The zero-order valence-corrected chi connectivity index (χ0v) is 9.43. The Morgan fingerprint density at radius 1 is 1.12 bits per heavy atom. The number of hydrogen-bond donors (Lipinski definition) is 0. The first-order valence-corrected chi connectivity index (χ1v) is 5.57. The molecule has 1 aromatic rings. The van der Waals surface area contributed by atoms with Crippen LogP contribution < -0.4 is 0 Å². The van der Waals surface area contributed by atoms with Crippen LogP contribution in [0.15, 0.2) is 18.2 Å². The van der Waals surface area contributed by atoms with Crippen molar-refractivity contribution in [3.05, 3.63) is 34.9 Å². The Hall–Kier alpha value is -0.990. The van der Waals surface area contributed by atoms with Gasteiger partial charge in [0.15, 0.2) is 0 Å². The monoisotopic (exact) mass is 228 g/mol. The van der Waals surface area contributed by atoms with Crippen LogP contribution in [0.3, 0.4) is 0 Å². The van der Waals surface area contributed by atoms with E-state index in [2.05, 4.69) is 13.8 Å². The van der Waals surface area contributed by atoms with Gasteiger partial charge in [-0.25, -0.2) is 0 Å². The lowest BCUT2D eigenvalue weighted by Gasteiger charge is -2.12. The molecule has 0 aliphatic heterocycles. The van der Waals surface area contributed by atoms with E-state index in [1.165, 1.54) is 12.1 Å². The van der Waals surface area contributed by atoms with Gasteiger partial charge < -0.3 is 0 Å². The molecule has 0 saturated carbocycles. The lowest BCUT2D eigenvalue weighted by Crippen LogP contribution is -2.07. The standard InChI is InChI=1S/C13H15F3/c1-8(2)10-5-9-3-4-12(13(14,15)16)7-11(9)6-10/h3-4,7-8,10H,5-6H2,1-2H3. The fourth-order valence-corrected chi connectivity index (χ4v) is 2.30. The van der Waals surface area contributed by atoms with Gasteiger partial charge in [0.2, 0.25) is 0 Å². The fourth-order valence-electron chi connectivity index (χ4n) is 2.30. The maximum atomic E-state index is 12.5. The SMILES string of the molecule is CC(C)C1Cc2ccc(C(F)(F)F)cc2C1. The van der Waals surface area contributed by atoms with Crippen LogP contribution in [0, 0.1) is 11.8 Å². The Morgan fingerprint density at radius 3 is 2.31 bits per heavy atom. The summed E-state index contributed by atoms with van der Waals surface area (Å²) in [5, 5.41) is 0. The minimum Gasteiger partial charge on any atom is -0.166 e. The van der Waals surface area contributed by atoms with Crippen LogP contribution in [0.25, 0.3) is 0 Å². The second-order valence-electron chi connectivity index (χ2n) is 4.89. The molecule has 0 saturated heterocycles. The van der Waals surface area contributed by atoms with Crippen LogP contribution >= 0.6 is 0 Å². The minimum atomic E-state index is -4.22. The van der Waals surface area contributed by atoms with Gasteiger partial charge >= 0.3 is 6.18 Å². The maximum absolute atomic E-state index is 12.5. The quantitative estimate of drug-likeness (QED) is 0.679. The van der Waals surface area contributed by atoms with E-state index < -0.39 is 11.7 Å². The summed E-state index contributed by atoms with van der Waals surface area (Å²) in [5.74, 6) is 1.03. The zero-order valence-electron chi connectivity index (χ0n) is 9.43. The van der Waals surface area contributed by atoms with Crippen LogP contribution in [-0.2, 0) is 19.0 Å². The molecular weight excluding hydrogens is 213 g/mol. The lowest BCUT2D eigenvalue weighted by molar-refractivity contribution is -0.137. The molecular formula is C13H15F3. The fraction of sp³-hybridized carbons (Fsp3) is 0.538. The minimum absolute atomic E-state index is 0.499. The maximum Gasteiger partial charge on any atom is 0.416 e. The smallest absolute Gasteiger partial charge is 0.166 e. The van der Waals surface area contributed by atoms with Crippen molar-refractivity contribution in [2.75, 3.05) is 0 Å².